The second-order valence-corrected chi connectivity index (χ2v) is 8.80. The number of amides is 1. The van der Waals surface area contributed by atoms with Crippen LogP contribution in [-0.2, 0) is 6.54 Å². The number of nitro benzene ring substituents is 1. The van der Waals surface area contributed by atoms with Crippen LogP contribution in [0.15, 0.2) is 45.9 Å². The lowest BCUT2D eigenvalue weighted by atomic mass is 10.2. The number of fused-ring (bicyclic) bond motifs is 1. The van der Waals surface area contributed by atoms with Gasteiger partial charge in [0.1, 0.15) is 0 Å². The van der Waals surface area contributed by atoms with Crippen molar-refractivity contribution in [1.29, 1.82) is 0 Å². The van der Waals surface area contributed by atoms with Crippen molar-refractivity contribution in [3.63, 3.8) is 0 Å². The van der Waals surface area contributed by atoms with E-state index >= 15 is 0 Å². The number of halogens is 2. The zero-order chi connectivity index (χ0) is 19.6. The highest BCUT2D eigenvalue weighted by atomic mass is 79.9. The fraction of sp³-hybridized carbons (Fsp3) is 0.176. The lowest BCUT2D eigenvalue weighted by Crippen LogP contribution is -2.18. The highest BCUT2D eigenvalue weighted by molar-refractivity contribution is 9.10. The van der Waals surface area contributed by atoms with E-state index in [1.165, 1.54) is 23.5 Å². The summed E-state index contributed by atoms with van der Waals surface area (Å²) >= 11 is 12.6. The molecule has 0 saturated carbocycles. The summed E-state index contributed by atoms with van der Waals surface area (Å²) in [6, 6.07) is 9.64. The first kappa shape index (κ1) is 20.1. The number of carbonyl (C=O) groups is 1. The monoisotopic (exact) mass is 485 g/mol. The Morgan fingerprint density at radius 2 is 2.15 bits per heavy atom. The topological polar surface area (TPSA) is 77.5 Å². The number of hydrogen-bond acceptors (Lipinski definition) is 5. The minimum atomic E-state index is -0.604. The molecular weight excluding hydrogens is 474 g/mol. The largest absolute Gasteiger partial charge is 0.316 e. The number of carbonyl (C=O) groups excluding carboxylic acids is 1. The molecule has 0 fully saturated rings. The standard InChI is InChI=1S/C17H13BrClN3O3S2/c1-26-7-6-21-14-5-2-10(18)8-15(14)27-17(21)20-16(23)12-9-11(22(24)25)3-4-13(12)19/h2-5,8-9H,6-7H2,1H3. The van der Waals surface area contributed by atoms with Crippen LogP contribution in [0.1, 0.15) is 10.4 Å². The number of nitrogens with zero attached hydrogens (tertiary/aromatic N) is 3. The molecule has 3 rings (SSSR count). The Labute approximate surface area is 176 Å². The minimum Gasteiger partial charge on any atom is -0.316 e. The number of nitro groups is 1. The second kappa shape index (κ2) is 8.55. The normalized spacial score (nSPS) is 11.9. The maximum absolute atomic E-state index is 12.7. The van der Waals surface area contributed by atoms with E-state index in [9.17, 15) is 14.9 Å². The van der Waals surface area contributed by atoms with E-state index in [1.54, 1.807) is 11.8 Å². The zero-order valence-corrected chi connectivity index (χ0v) is 18.0. The molecule has 0 aliphatic rings. The molecule has 0 aliphatic heterocycles. The molecule has 0 saturated heterocycles. The molecule has 3 aromatic rings. The molecule has 6 nitrogen and oxygen atoms in total. The highest BCUT2D eigenvalue weighted by Crippen LogP contribution is 2.24. The number of thiazole rings is 1. The predicted molar refractivity (Wildman–Crippen MR) is 114 cm³/mol. The van der Waals surface area contributed by atoms with Gasteiger partial charge in [-0.1, -0.05) is 38.9 Å². The van der Waals surface area contributed by atoms with E-state index in [2.05, 4.69) is 20.9 Å². The number of rotatable bonds is 5. The number of hydrogen-bond donors (Lipinski definition) is 0. The van der Waals surface area contributed by atoms with E-state index in [0.717, 1.165) is 26.5 Å². The van der Waals surface area contributed by atoms with Crippen molar-refractivity contribution < 1.29 is 9.72 Å². The van der Waals surface area contributed by atoms with Crippen molar-refractivity contribution in [2.45, 2.75) is 6.54 Å². The van der Waals surface area contributed by atoms with Crippen LogP contribution in [0.4, 0.5) is 5.69 Å². The fourth-order valence-electron chi connectivity index (χ4n) is 2.47. The lowest BCUT2D eigenvalue weighted by molar-refractivity contribution is -0.384. The maximum atomic E-state index is 12.7. The molecule has 0 unspecified atom stereocenters. The van der Waals surface area contributed by atoms with Crippen molar-refractivity contribution in [3.8, 4) is 0 Å². The minimum absolute atomic E-state index is 0.0147. The van der Waals surface area contributed by atoms with Gasteiger partial charge in [0.2, 0.25) is 0 Å². The van der Waals surface area contributed by atoms with Crippen molar-refractivity contribution in [1.82, 2.24) is 4.57 Å². The fourth-order valence-corrected chi connectivity index (χ4v) is 4.64. The molecular formula is C17H13BrClN3O3S2. The average Bonchev–Trinajstić information content (AvgIpc) is 2.95. The van der Waals surface area contributed by atoms with Crippen molar-refractivity contribution >= 4 is 72.4 Å². The van der Waals surface area contributed by atoms with Gasteiger partial charge in [-0.05, 0) is 30.5 Å². The van der Waals surface area contributed by atoms with Crippen LogP contribution >= 0.6 is 50.6 Å². The van der Waals surface area contributed by atoms with Gasteiger partial charge in [0.25, 0.3) is 11.6 Å². The second-order valence-electron chi connectivity index (χ2n) is 5.48. The Balaban J connectivity index is 2.13. The summed E-state index contributed by atoms with van der Waals surface area (Å²) in [5.74, 6) is 0.258. The maximum Gasteiger partial charge on any atom is 0.281 e. The summed E-state index contributed by atoms with van der Waals surface area (Å²) in [6.07, 6.45) is 2.01. The first-order valence-electron chi connectivity index (χ1n) is 7.71. The van der Waals surface area contributed by atoms with Gasteiger partial charge >= 0.3 is 0 Å². The number of aromatic nitrogens is 1. The molecule has 10 heteroatoms. The van der Waals surface area contributed by atoms with Gasteiger partial charge in [0.15, 0.2) is 4.80 Å². The molecule has 0 bridgehead atoms. The third-order valence-corrected chi connectivity index (χ3v) is 6.21. The van der Waals surface area contributed by atoms with Gasteiger partial charge in [0, 0.05) is 28.9 Å². The van der Waals surface area contributed by atoms with Gasteiger partial charge < -0.3 is 4.57 Å². The first-order chi connectivity index (χ1) is 12.9. The Morgan fingerprint density at radius 1 is 1.37 bits per heavy atom. The molecule has 2 aromatic carbocycles. The Hall–Kier alpha value is -1.68. The lowest BCUT2D eigenvalue weighted by Gasteiger charge is -2.04. The van der Waals surface area contributed by atoms with Crippen molar-refractivity contribution in [2.24, 2.45) is 4.99 Å². The van der Waals surface area contributed by atoms with Crippen LogP contribution in [0.5, 0.6) is 0 Å². The van der Waals surface area contributed by atoms with E-state index in [4.69, 9.17) is 11.6 Å². The average molecular weight is 487 g/mol. The van der Waals surface area contributed by atoms with E-state index in [-0.39, 0.29) is 16.3 Å². The first-order valence-corrected chi connectivity index (χ1v) is 11.1. The van der Waals surface area contributed by atoms with E-state index in [0.29, 0.717) is 11.3 Å². The third-order valence-electron chi connectivity index (χ3n) is 3.75. The number of non-ortho nitro benzene ring substituents is 1. The predicted octanol–water partition coefficient (Wildman–Crippen LogP) is 5.13. The molecule has 140 valence electrons. The summed E-state index contributed by atoms with van der Waals surface area (Å²) in [7, 11) is 0. The van der Waals surface area contributed by atoms with Crippen molar-refractivity contribution in [3.05, 3.63) is 66.4 Å². The highest BCUT2D eigenvalue weighted by Gasteiger charge is 2.16. The van der Waals surface area contributed by atoms with Crippen LogP contribution in [0, 0.1) is 10.1 Å². The van der Waals surface area contributed by atoms with Crippen LogP contribution in [0.3, 0.4) is 0 Å². The Morgan fingerprint density at radius 3 is 2.85 bits per heavy atom. The summed E-state index contributed by atoms with van der Waals surface area (Å²) in [4.78, 5) is 27.9. The van der Waals surface area contributed by atoms with Crippen molar-refractivity contribution in [2.75, 3.05) is 12.0 Å². The molecule has 1 aromatic heterocycles. The summed E-state index contributed by atoms with van der Waals surface area (Å²) in [6.45, 7) is 0.692. The SMILES string of the molecule is CSCCn1c(=NC(=O)c2cc([N+](=O)[O-])ccc2Cl)sc2cc(Br)ccc21. The quantitative estimate of drug-likeness (QED) is 0.370. The number of thioether (sulfide) groups is 1. The van der Waals surface area contributed by atoms with E-state index < -0.39 is 10.8 Å². The van der Waals surface area contributed by atoms with Crippen LogP contribution in [0.2, 0.25) is 5.02 Å². The Kier molecular flexibility index (Phi) is 6.36. The van der Waals surface area contributed by atoms with Gasteiger partial charge in [-0.3, -0.25) is 14.9 Å². The molecule has 1 heterocycles. The molecule has 27 heavy (non-hydrogen) atoms. The van der Waals surface area contributed by atoms with Gasteiger partial charge in [0.05, 0.1) is 25.7 Å². The van der Waals surface area contributed by atoms with Gasteiger partial charge in [-0.2, -0.15) is 16.8 Å². The molecule has 1 amide bonds. The van der Waals surface area contributed by atoms with E-state index in [1.807, 2.05) is 29.0 Å². The van der Waals surface area contributed by atoms with Gasteiger partial charge in [-0.15, -0.1) is 0 Å². The molecule has 0 atom stereocenters. The van der Waals surface area contributed by atoms with Gasteiger partial charge in [-0.25, -0.2) is 0 Å². The summed E-state index contributed by atoms with van der Waals surface area (Å²) in [5, 5.41) is 11.1. The van der Waals surface area contributed by atoms with Crippen LogP contribution in [-0.4, -0.2) is 27.4 Å². The molecule has 0 radical (unpaired) electrons. The summed E-state index contributed by atoms with van der Waals surface area (Å²) in [5.41, 5.74) is 0.795. The molecule has 0 aliphatic carbocycles. The smallest absolute Gasteiger partial charge is 0.281 e. The Bertz CT molecular complexity index is 1110. The zero-order valence-electron chi connectivity index (χ0n) is 14.0. The van der Waals surface area contributed by atoms with Crippen LogP contribution in [0.25, 0.3) is 10.2 Å². The third kappa shape index (κ3) is 4.43. The van der Waals surface area contributed by atoms with Crippen LogP contribution < -0.4 is 4.80 Å². The molecule has 0 spiro atoms. The summed E-state index contributed by atoms with van der Waals surface area (Å²) < 4.78 is 3.90. The number of aryl methyl sites for hydroxylation is 1. The number of benzene rings is 2. The molecule has 0 N–H and O–H groups in total.